The highest BCUT2D eigenvalue weighted by molar-refractivity contribution is 6.40. The van der Waals surface area contributed by atoms with E-state index in [0.29, 0.717) is 33.8 Å². The Bertz CT molecular complexity index is 382. The summed E-state index contributed by atoms with van der Waals surface area (Å²) in [6.07, 6.45) is 2.17. The van der Waals surface area contributed by atoms with E-state index < -0.39 is 0 Å². The zero-order chi connectivity index (χ0) is 12.8. The van der Waals surface area contributed by atoms with Gasteiger partial charge in [-0.3, -0.25) is 0 Å². The molecule has 1 rings (SSSR count). The largest absolute Gasteiger partial charge is 0.490 e. The number of rotatable bonds is 6. The third kappa shape index (κ3) is 5.15. The van der Waals surface area contributed by atoms with Crippen molar-refractivity contribution in [2.75, 3.05) is 6.61 Å². The Hall–Kier alpha value is -0.440. The number of ether oxygens (including phenoxy) is 1. The first-order chi connectivity index (χ1) is 8.00. The van der Waals surface area contributed by atoms with Gasteiger partial charge in [0.25, 0.3) is 0 Å². The van der Waals surface area contributed by atoms with Crippen molar-refractivity contribution in [3.63, 3.8) is 0 Å². The standard InChI is InChI=1S/C12H13Cl3O2/c1-8(16)4-2-3-5-17-12-10(14)6-9(13)7-11(12)15/h6-7H,2-5H2,1H3. The summed E-state index contributed by atoms with van der Waals surface area (Å²) in [7, 11) is 0. The fourth-order valence-corrected chi connectivity index (χ4v) is 2.24. The van der Waals surface area contributed by atoms with Crippen LogP contribution in [0.2, 0.25) is 15.1 Å². The van der Waals surface area contributed by atoms with Crippen LogP contribution in [0.3, 0.4) is 0 Å². The highest BCUT2D eigenvalue weighted by Gasteiger charge is 2.08. The van der Waals surface area contributed by atoms with E-state index >= 15 is 0 Å². The summed E-state index contributed by atoms with van der Waals surface area (Å²) in [4.78, 5) is 10.7. The molecule has 1 aromatic rings. The minimum Gasteiger partial charge on any atom is -0.490 e. The summed E-state index contributed by atoms with van der Waals surface area (Å²) in [5, 5.41) is 1.27. The van der Waals surface area contributed by atoms with Crippen LogP contribution in [0.4, 0.5) is 0 Å². The van der Waals surface area contributed by atoms with E-state index in [9.17, 15) is 4.79 Å². The molecule has 0 unspecified atom stereocenters. The third-order valence-corrected chi connectivity index (χ3v) is 2.91. The molecule has 1 aromatic carbocycles. The van der Waals surface area contributed by atoms with Gasteiger partial charge in [0.2, 0.25) is 0 Å². The molecule has 2 nitrogen and oxygen atoms in total. The highest BCUT2D eigenvalue weighted by Crippen LogP contribution is 2.35. The number of unbranched alkanes of at least 4 members (excludes halogenated alkanes) is 1. The second-order valence-corrected chi connectivity index (χ2v) is 4.96. The van der Waals surface area contributed by atoms with Gasteiger partial charge < -0.3 is 9.53 Å². The second kappa shape index (κ2) is 7.10. The maximum Gasteiger partial charge on any atom is 0.156 e. The molecule has 0 aliphatic heterocycles. The lowest BCUT2D eigenvalue weighted by Gasteiger charge is -2.09. The van der Waals surface area contributed by atoms with Gasteiger partial charge in [-0.2, -0.15) is 0 Å². The van der Waals surface area contributed by atoms with E-state index in [1.165, 1.54) is 0 Å². The van der Waals surface area contributed by atoms with E-state index in [2.05, 4.69) is 0 Å². The van der Waals surface area contributed by atoms with Crippen molar-refractivity contribution in [2.45, 2.75) is 26.2 Å². The molecule has 0 saturated carbocycles. The summed E-state index contributed by atoms with van der Waals surface area (Å²) in [5.74, 6) is 0.633. The van der Waals surface area contributed by atoms with Gasteiger partial charge >= 0.3 is 0 Å². The zero-order valence-corrected chi connectivity index (χ0v) is 11.7. The average Bonchev–Trinajstić information content (AvgIpc) is 2.20. The summed E-state index contributed by atoms with van der Waals surface area (Å²) in [6, 6.07) is 3.17. The number of ketones is 1. The van der Waals surface area contributed by atoms with E-state index in [0.717, 1.165) is 12.8 Å². The van der Waals surface area contributed by atoms with E-state index in [-0.39, 0.29) is 5.78 Å². The third-order valence-electron chi connectivity index (χ3n) is 2.13. The molecule has 0 amide bonds. The van der Waals surface area contributed by atoms with Crippen LogP contribution in [0, 0.1) is 0 Å². The van der Waals surface area contributed by atoms with Crippen LogP contribution in [-0.4, -0.2) is 12.4 Å². The average molecular weight is 296 g/mol. The van der Waals surface area contributed by atoms with Crippen LogP contribution in [0.5, 0.6) is 5.75 Å². The molecule has 94 valence electrons. The van der Waals surface area contributed by atoms with Gasteiger partial charge in [-0.05, 0) is 31.9 Å². The molecule has 0 aliphatic carbocycles. The van der Waals surface area contributed by atoms with Crippen molar-refractivity contribution in [1.82, 2.24) is 0 Å². The van der Waals surface area contributed by atoms with Crippen molar-refractivity contribution < 1.29 is 9.53 Å². The molecule has 0 bridgehead atoms. The van der Waals surface area contributed by atoms with Crippen LogP contribution in [0.1, 0.15) is 26.2 Å². The molecule has 0 aromatic heterocycles. The fourth-order valence-electron chi connectivity index (χ4n) is 1.32. The number of Topliss-reactive ketones (excluding diaryl/α,β-unsaturated/α-hetero) is 1. The van der Waals surface area contributed by atoms with Crippen molar-refractivity contribution >= 4 is 40.6 Å². The summed E-state index contributed by atoms with van der Waals surface area (Å²) in [5.41, 5.74) is 0. The lowest BCUT2D eigenvalue weighted by Crippen LogP contribution is -2.00. The minimum absolute atomic E-state index is 0.188. The Labute approximate surface area is 116 Å². The van der Waals surface area contributed by atoms with Gasteiger partial charge in [-0.25, -0.2) is 0 Å². The van der Waals surface area contributed by atoms with Crippen LogP contribution in [-0.2, 0) is 4.79 Å². The first-order valence-corrected chi connectivity index (χ1v) is 6.41. The van der Waals surface area contributed by atoms with E-state index in [1.807, 2.05) is 0 Å². The van der Waals surface area contributed by atoms with E-state index in [4.69, 9.17) is 39.5 Å². The molecule has 5 heteroatoms. The molecular weight excluding hydrogens is 282 g/mol. The minimum atomic E-state index is 0.188. The predicted molar refractivity (Wildman–Crippen MR) is 71.5 cm³/mol. The van der Waals surface area contributed by atoms with Crippen molar-refractivity contribution in [2.24, 2.45) is 0 Å². The molecule has 0 atom stereocenters. The number of hydrogen-bond acceptors (Lipinski definition) is 2. The van der Waals surface area contributed by atoms with Crippen LogP contribution in [0.25, 0.3) is 0 Å². The van der Waals surface area contributed by atoms with Crippen molar-refractivity contribution in [3.8, 4) is 5.75 Å². The fraction of sp³-hybridized carbons (Fsp3) is 0.417. The topological polar surface area (TPSA) is 26.3 Å². The van der Waals surface area contributed by atoms with Gasteiger partial charge in [-0.1, -0.05) is 34.8 Å². The Balaban J connectivity index is 2.44. The van der Waals surface area contributed by atoms with E-state index in [1.54, 1.807) is 19.1 Å². The Morgan fingerprint density at radius 2 is 1.76 bits per heavy atom. The van der Waals surface area contributed by atoms with Gasteiger partial charge in [0.1, 0.15) is 5.78 Å². The highest BCUT2D eigenvalue weighted by atomic mass is 35.5. The first-order valence-electron chi connectivity index (χ1n) is 5.27. The SMILES string of the molecule is CC(=O)CCCCOc1c(Cl)cc(Cl)cc1Cl. The molecule has 0 radical (unpaired) electrons. The van der Waals surface area contributed by atoms with Gasteiger partial charge in [0.15, 0.2) is 5.75 Å². The van der Waals surface area contributed by atoms with Crippen LogP contribution in [0.15, 0.2) is 12.1 Å². The number of carbonyl (C=O) groups excluding carboxylic acids is 1. The molecule has 0 aliphatic rings. The Morgan fingerprint density at radius 1 is 1.18 bits per heavy atom. The predicted octanol–water partition coefficient (Wildman–Crippen LogP) is 4.78. The molecular formula is C12H13Cl3O2. The molecule has 0 fully saturated rings. The van der Waals surface area contributed by atoms with Gasteiger partial charge in [0, 0.05) is 11.4 Å². The summed E-state index contributed by atoms with van der Waals surface area (Å²) < 4.78 is 5.47. The molecule has 17 heavy (non-hydrogen) atoms. The lowest BCUT2D eigenvalue weighted by atomic mass is 10.2. The quantitative estimate of drug-likeness (QED) is 0.706. The zero-order valence-electron chi connectivity index (χ0n) is 9.43. The summed E-state index contributed by atoms with van der Waals surface area (Å²) in [6.45, 7) is 2.06. The van der Waals surface area contributed by atoms with Crippen molar-refractivity contribution in [1.29, 1.82) is 0 Å². The smallest absolute Gasteiger partial charge is 0.156 e. The Kier molecular flexibility index (Phi) is 6.10. The normalized spacial score (nSPS) is 10.4. The maximum atomic E-state index is 10.7. The number of hydrogen-bond donors (Lipinski definition) is 0. The number of halogens is 3. The lowest BCUT2D eigenvalue weighted by molar-refractivity contribution is -0.117. The number of benzene rings is 1. The number of carbonyl (C=O) groups is 1. The molecule has 0 spiro atoms. The maximum absolute atomic E-state index is 10.7. The monoisotopic (exact) mass is 294 g/mol. The molecule has 0 heterocycles. The second-order valence-electron chi connectivity index (χ2n) is 3.71. The first kappa shape index (κ1) is 14.6. The summed E-state index contributed by atoms with van der Waals surface area (Å²) >= 11 is 17.7. The van der Waals surface area contributed by atoms with Gasteiger partial charge in [-0.15, -0.1) is 0 Å². The van der Waals surface area contributed by atoms with Gasteiger partial charge in [0.05, 0.1) is 16.7 Å². The van der Waals surface area contributed by atoms with Crippen LogP contribution < -0.4 is 4.74 Å². The Morgan fingerprint density at radius 3 is 2.29 bits per heavy atom. The van der Waals surface area contributed by atoms with Crippen LogP contribution >= 0.6 is 34.8 Å². The van der Waals surface area contributed by atoms with Crippen molar-refractivity contribution in [3.05, 3.63) is 27.2 Å². The molecule has 0 N–H and O–H groups in total. The molecule has 0 saturated heterocycles.